The Morgan fingerprint density at radius 3 is 2.46 bits per heavy atom. The summed E-state index contributed by atoms with van der Waals surface area (Å²) in [7, 11) is 0. The quantitative estimate of drug-likeness (QED) is 0.451. The van der Waals surface area contributed by atoms with Gasteiger partial charge in [-0.2, -0.15) is 5.10 Å². The molecule has 0 atom stereocenters. The summed E-state index contributed by atoms with van der Waals surface area (Å²) in [4.78, 5) is 42.4. The molecule has 0 aliphatic rings. The Labute approximate surface area is 163 Å². The Morgan fingerprint density at radius 1 is 1.18 bits per heavy atom. The van der Waals surface area contributed by atoms with Gasteiger partial charge in [0.15, 0.2) is 0 Å². The zero-order valence-corrected chi connectivity index (χ0v) is 15.3. The molecule has 0 saturated carbocycles. The van der Waals surface area contributed by atoms with Gasteiger partial charge >= 0.3 is 5.69 Å². The molecule has 2 heterocycles. The number of carbonyl (C=O) groups excluding carboxylic acids is 1. The molecule has 28 heavy (non-hydrogen) atoms. The Kier molecular flexibility index (Phi) is 5.37. The van der Waals surface area contributed by atoms with Gasteiger partial charge in [-0.1, -0.05) is 11.6 Å². The highest BCUT2D eigenvalue weighted by atomic mass is 35.5. The lowest BCUT2D eigenvalue weighted by Crippen LogP contribution is -2.33. The zero-order chi connectivity index (χ0) is 20.3. The molecule has 3 aromatic rings. The maximum Gasteiger partial charge on any atom is 0.335 e. The van der Waals surface area contributed by atoms with Gasteiger partial charge in [-0.05, 0) is 43.3 Å². The summed E-state index contributed by atoms with van der Waals surface area (Å²) in [5.74, 6) is -1.14. The van der Waals surface area contributed by atoms with Crippen molar-refractivity contribution in [2.75, 3.05) is 0 Å². The Bertz CT molecular complexity index is 1170. The summed E-state index contributed by atoms with van der Waals surface area (Å²) in [6, 6.07) is 9.05. The monoisotopic (exact) mass is 399 g/mol. The first-order valence-corrected chi connectivity index (χ1v) is 8.35. The number of nitrogens with one attached hydrogen (secondary N) is 2. The highest BCUT2D eigenvalue weighted by Gasteiger charge is 2.18. The molecule has 9 nitrogen and oxygen atoms in total. The molecule has 0 spiro atoms. The van der Waals surface area contributed by atoms with E-state index in [2.05, 4.69) is 20.5 Å². The number of aromatic hydroxyl groups is 1. The highest BCUT2D eigenvalue weighted by Crippen LogP contribution is 2.19. The average molecular weight is 400 g/mol. The molecule has 0 unspecified atom stereocenters. The van der Waals surface area contributed by atoms with Crippen LogP contribution < -0.4 is 16.7 Å². The maximum atomic E-state index is 12.2. The number of hydrogen-bond donors (Lipinski definition) is 3. The van der Waals surface area contributed by atoms with Gasteiger partial charge in [0, 0.05) is 23.0 Å². The van der Waals surface area contributed by atoms with Crippen LogP contribution in [-0.2, 0) is 0 Å². The first kappa shape index (κ1) is 19.1. The molecule has 0 aliphatic carbocycles. The Balaban J connectivity index is 2.00. The number of rotatable bonds is 4. The van der Waals surface area contributed by atoms with E-state index < -0.39 is 23.0 Å². The number of nitrogens with zero attached hydrogens (tertiary/aromatic N) is 3. The van der Waals surface area contributed by atoms with Gasteiger partial charge in [-0.15, -0.1) is 0 Å². The smallest absolute Gasteiger partial charge is 0.335 e. The van der Waals surface area contributed by atoms with Gasteiger partial charge in [-0.25, -0.2) is 14.8 Å². The number of carbonyl (C=O) groups is 1. The Hall–Kier alpha value is -3.72. The van der Waals surface area contributed by atoms with Gasteiger partial charge in [0.1, 0.15) is 5.56 Å². The second kappa shape index (κ2) is 7.89. The van der Waals surface area contributed by atoms with Crippen molar-refractivity contribution in [2.45, 2.75) is 6.92 Å². The van der Waals surface area contributed by atoms with E-state index in [0.717, 1.165) is 4.57 Å². The molecule has 0 saturated heterocycles. The first-order valence-electron chi connectivity index (χ1n) is 7.97. The van der Waals surface area contributed by atoms with Gasteiger partial charge in [0.05, 0.1) is 11.4 Å². The van der Waals surface area contributed by atoms with Crippen LogP contribution >= 0.6 is 11.6 Å². The number of halogens is 1. The molecule has 1 amide bonds. The third-order valence-electron chi connectivity index (χ3n) is 3.80. The van der Waals surface area contributed by atoms with E-state index in [0.29, 0.717) is 10.6 Å². The standard InChI is InChI=1S/C18H14ClN5O4/c1-10(22-23-15(25)11-6-8-20-9-7-11)14-16(26)21-18(28)24(17(14)27)13-4-2-12(19)3-5-13/h2-9,27H,1H3,(H,23,25)(H,21,26,28)/b22-10+. The van der Waals surface area contributed by atoms with Gasteiger partial charge in [0.25, 0.3) is 11.5 Å². The summed E-state index contributed by atoms with van der Waals surface area (Å²) in [6.45, 7) is 1.41. The molecule has 1 aromatic carbocycles. The van der Waals surface area contributed by atoms with E-state index in [4.69, 9.17) is 11.6 Å². The maximum absolute atomic E-state index is 12.2. The number of H-pyrrole nitrogens is 1. The van der Waals surface area contributed by atoms with Crippen molar-refractivity contribution in [3.05, 3.63) is 85.8 Å². The van der Waals surface area contributed by atoms with Crippen molar-refractivity contribution in [1.29, 1.82) is 0 Å². The van der Waals surface area contributed by atoms with E-state index in [-0.39, 0.29) is 17.0 Å². The second-order valence-corrected chi connectivity index (χ2v) is 6.08. The predicted molar refractivity (Wildman–Crippen MR) is 103 cm³/mol. The topological polar surface area (TPSA) is 129 Å². The predicted octanol–water partition coefficient (Wildman–Crippen LogP) is 1.43. The van der Waals surface area contributed by atoms with Crippen molar-refractivity contribution in [1.82, 2.24) is 20.0 Å². The molecule has 0 fully saturated rings. The van der Waals surface area contributed by atoms with Crippen LogP contribution in [0, 0.1) is 0 Å². The van der Waals surface area contributed by atoms with Crippen LogP contribution in [0.2, 0.25) is 5.02 Å². The van der Waals surface area contributed by atoms with Crippen LogP contribution in [0.5, 0.6) is 5.88 Å². The van der Waals surface area contributed by atoms with Gasteiger partial charge in [-0.3, -0.25) is 19.6 Å². The normalized spacial score (nSPS) is 11.3. The molecule has 10 heteroatoms. The van der Waals surface area contributed by atoms with E-state index in [9.17, 15) is 19.5 Å². The van der Waals surface area contributed by atoms with Crippen LogP contribution in [-0.4, -0.2) is 31.3 Å². The van der Waals surface area contributed by atoms with Gasteiger partial charge in [0.2, 0.25) is 5.88 Å². The molecule has 0 bridgehead atoms. The number of aromatic nitrogens is 3. The minimum absolute atomic E-state index is 0.00358. The van der Waals surface area contributed by atoms with Crippen molar-refractivity contribution in [3.63, 3.8) is 0 Å². The third kappa shape index (κ3) is 3.84. The molecule has 0 radical (unpaired) electrons. The summed E-state index contributed by atoms with van der Waals surface area (Å²) >= 11 is 5.84. The third-order valence-corrected chi connectivity index (χ3v) is 4.05. The summed E-state index contributed by atoms with van der Waals surface area (Å²) in [5, 5.41) is 14.8. The number of pyridine rings is 1. The lowest BCUT2D eigenvalue weighted by molar-refractivity contribution is 0.0954. The fraction of sp³-hybridized carbons (Fsp3) is 0.0556. The van der Waals surface area contributed by atoms with E-state index in [1.165, 1.54) is 55.7 Å². The Morgan fingerprint density at radius 2 is 1.82 bits per heavy atom. The molecule has 0 aliphatic heterocycles. The van der Waals surface area contributed by atoms with Crippen LogP contribution in [0.3, 0.4) is 0 Å². The average Bonchev–Trinajstić information content (AvgIpc) is 2.68. The van der Waals surface area contributed by atoms with E-state index >= 15 is 0 Å². The SMILES string of the molecule is C/C(=N\NC(=O)c1ccncc1)c1c(O)n(-c2ccc(Cl)cc2)c(=O)[nH]c1=O. The number of hydrogen-bond acceptors (Lipinski definition) is 6. The van der Waals surface area contributed by atoms with Gasteiger partial charge < -0.3 is 5.11 Å². The second-order valence-electron chi connectivity index (χ2n) is 5.64. The van der Waals surface area contributed by atoms with Crippen LogP contribution in [0.25, 0.3) is 5.69 Å². The fourth-order valence-electron chi connectivity index (χ4n) is 2.44. The van der Waals surface area contributed by atoms with Crippen molar-refractivity contribution in [3.8, 4) is 11.6 Å². The molecular formula is C18H14ClN5O4. The number of hydrazone groups is 1. The molecule has 2 aromatic heterocycles. The molecular weight excluding hydrogens is 386 g/mol. The number of amides is 1. The highest BCUT2D eigenvalue weighted by molar-refractivity contribution is 6.30. The fourth-order valence-corrected chi connectivity index (χ4v) is 2.57. The number of aromatic amines is 1. The summed E-state index contributed by atoms with van der Waals surface area (Å²) in [5.41, 5.74) is 0.963. The minimum atomic E-state index is -0.841. The van der Waals surface area contributed by atoms with Crippen molar-refractivity contribution < 1.29 is 9.90 Å². The van der Waals surface area contributed by atoms with Crippen LogP contribution in [0.4, 0.5) is 0 Å². The summed E-state index contributed by atoms with van der Waals surface area (Å²) < 4.78 is 0.900. The number of benzene rings is 1. The van der Waals surface area contributed by atoms with Crippen molar-refractivity contribution in [2.24, 2.45) is 5.10 Å². The molecule has 3 rings (SSSR count). The minimum Gasteiger partial charge on any atom is -0.493 e. The van der Waals surface area contributed by atoms with Crippen LogP contribution in [0.1, 0.15) is 22.8 Å². The molecule has 3 N–H and O–H groups in total. The first-order chi connectivity index (χ1) is 13.4. The van der Waals surface area contributed by atoms with Crippen LogP contribution in [0.15, 0.2) is 63.5 Å². The van der Waals surface area contributed by atoms with Crippen molar-refractivity contribution >= 4 is 23.2 Å². The summed E-state index contributed by atoms with van der Waals surface area (Å²) in [6.07, 6.45) is 2.90. The largest absolute Gasteiger partial charge is 0.493 e. The zero-order valence-electron chi connectivity index (χ0n) is 14.5. The lowest BCUT2D eigenvalue weighted by Gasteiger charge is -2.11. The lowest BCUT2D eigenvalue weighted by atomic mass is 10.2. The van der Waals surface area contributed by atoms with E-state index in [1.54, 1.807) is 0 Å². The van der Waals surface area contributed by atoms with E-state index in [1.807, 2.05) is 0 Å². The molecule has 142 valence electrons.